The van der Waals surface area contributed by atoms with E-state index in [9.17, 15) is 4.79 Å². The fraction of sp³-hybridized carbons (Fsp3) is 0.632. The van der Waals surface area contributed by atoms with Gasteiger partial charge in [0.25, 0.3) is 5.91 Å². The van der Waals surface area contributed by atoms with E-state index in [4.69, 9.17) is 9.15 Å². The van der Waals surface area contributed by atoms with Crippen LogP contribution in [0, 0.1) is 5.41 Å². The van der Waals surface area contributed by atoms with E-state index in [-0.39, 0.29) is 5.91 Å². The predicted molar refractivity (Wildman–Crippen MR) is 94.8 cm³/mol. The number of furan rings is 1. The Morgan fingerprint density at radius 3 is 2.77 bits per heavy atom. The standard InChI is InChI=1S/C19H26N4O3/c1-25-14-5-17-21-20-16-4-6-19(9-12-23(16)17)7-10-22(11-8-19)18(24)15-3-2-13-26-15/h2-3,13H,4-12,14H2,1H3. The molecule has 0 atom stereocenters. The summed E-state index contributed by atoms with van der Waals surface area (Å²) in [5.74, 6) is 2.58. The molecule has 26 heavy (non-hydrogen) atoms. The van der Waals surface area contributed by atoms with Crippen LogP contribution in [0.15, 0.2) is 22.8 Å². The molecule has 4 heterocycles. The average Bonchev–Trinajstić information content (AvgIpc) is 3.30. The van der Waals surface area contributed by atoms with Crippen LogP contribution < -0.4 is 0 Å². The lowest BCUT2D eigenvalue weighted by atomic mass is 9.72. The maximum Gasteiger partial charge on any atom is 0.289 e. The molecule has 1 fully saturated rings. The number of likely N-dealkylation sites (tertiary alicyclic amines) is 1. The first-order chi connectivity index (χ1) is 12.7. The number of rotatable bonds is 4. The van der Waals surface area contributed by atoms with E-state index in [0.717, 1.165) is 69.8 Å². The highest BCUT2D eigenvalue weighted by Crippen LogP contribution is 2.41. The Morgan fingerprint density at radius 2 is 2.04 bits per heavy atom. The normalized spacial score (nSPS) is 19.3. The van der Waals surface area contributed by atoms with Crippen molar-refractivity contribution in [2.75, 3.05) is 26.8 Å². The van der Waals surface area contributed by atoms with Gasteiger partial charge in [-0.2, -0.15) is 0 Å². The second-order valence-electron chi connectivity index (χ2n) is 7.45. The summed E-state index contributed by atoms with van der Waals surface area (Å²) in [5.41, 5.74) is 0.305. The van der Waals surface area contributed by atoms with Gasteiger partial charge in [0.1, 0.15) is 11.6 Å². The van der Waals surface area contributed by atoms with Crippen LogP contribution in [-0.4, -0.2) is 52.4 Å². The van der Waals surface area contributed by atoms with Crippen LogP contribution in [0.1, 0.15) is 47.9 Å². The lowest BCUT2D eigenvalue weighted by Gasteiger charge is -2.41. The number of ether oxygens (including phenoxy) is 1. The van der Waals surface area contributed by atoms with Crippen LogP contribution in [0.3, 0.4) is 0 Å². The van der Waals surface area contributed by atoms with Gasteiger partial charge in [0, 0.05) is 39.6 Å². The zero-order valence-electron chi connectivity index (χ0n) is 15.3. The summed E-state index contributed by atoms with van der Waals surface area (Å²) in [4.78, 5) is 14.4. The molecule has 1 saturated heterocycles. The fourth-order valence-electron chi connectivity index (χ4n) is 4.28. The summed E-state index contributed by atoms with van der Waals surface area (Å²) in [6.45, 7) is 3.24. The number of carbonyl (C=O) groups is 1. The number of fused-ring (bicyclic) bond motifs is 1. The Kier molecular flexibility index (Phi) is 4.80. The fourth-order valence-corrected chi connectivity index (χ4v) is 4.28. The minimum absolute atomic E-state index is 0.0115. The molecule has 7 heteroatoms. The number of methoxy groups -OCH3 is 1. The van der Waals surface area contributed by atoms with Crippen LogP contribution in [0.5, 0.6) is 0 Å². The lowest BCUT2D eigenvalue weighted by Crippen LogP contribution is -2.43. The molecule has 0 bridgehead atoms. The summed E-state index contributed by atoms with van der Waals surface area (Å²) < 4.78 is 12.7. The van der Waals surface area contributed by atoms with Crippen molar-refractivity contribution in [2.24, 2.45) is 5.41 Å². The third-order valence-corrected chi connectivity index (χ3v) is 6.02. The van der Waals surface area contributed by atoms with Gasteiger partial charge in [0.05, 0.1) is 12.9 Å². The van der Waals surface area contributed by atoms with Crippen LogP contribution in [-0.2, 0) is 24.1 Å². The molecule has 0 unspecified atom stereocenters. The van der Waals surface area contributed by atoms with Crippen molar-refractivity contribution in [3.8, 4) is 0 Å². The number of piperidine rings is 1. The lowest BCUT2D eigenvalue weighted by molar-refractivity contribution is 0.0507. The molecule has 2 aromatic rings. The highest BCUT2D eigenvalue weighted by molar-refractivity contribution is 5.91. The number of hydrogen-bond donors (Lipinski definition) is 0. The van der Waals surface area contributed by atoms with Crippen molar-refractivity contribution >= 4 is 5.91 Å². The molecule has 140 valence electrons. The van der Waals surface area contributed by atoms with Gasteiger partial charge in [-0.05, 0) is 43.2 Å². The number of aromatic nitrogens is 3. The predicted octanol–water partition coefficient (Wildman–Crippen LogP) is 2.32. The van der Waals surface area contributed by atoms with Crippen LogP contribution in [0.25, 0.3) is 0 Å². The van der Waals surface area contributed by atoms with Gasteiger partial charge in [-0.25, -0.2) is 0 Å². The number of nitrogens with zero attached hydrogens (tertiary/aromatic N) is 4. The second kappa shape index (κ2) is 7.23. The Hall–Kier alpha value is -2.15. The maximum absolute atomic E-state index is 12.5. The molecule has 0 aliphatic carbocycles. The number of hydrogen-bond acceptors (Lipinski definition) is 5. The second-order valence-corrected chi connectivity index (χ2v) is 7.45. The third kappa shape index (κ3) is 3.28. The summed E-state index contributed by atoms with van der Waals surface area (Å²) in [6.07, 6.45) is 7.67. The van der Waals surface area contributed by atoms with Crippen molar-refractivity contribution in [1.82, 2.24) is 19.7 Å². The van der Waals surface area contributed by atoms with Crippen molar-refractivity contribution < 1.29 is 13.9 Å². The molecule has 0 aromatic carbocycles. The minimum Gasteiger partial charge on any atom is -0.459 e. The van der Waals surface area contributed by atoms with E-state index in [1.54, 1.807) is 25.5 Å². The van der Waals surface area contributed by atoms with Gasteiger partial charge in [-0.1, -0.05) is 0 Å². The van der Waals surface area contributed by atoms with Gasteiger partial charge in [-0.3, -0.25) is 4.79 Å². The van der Waals surface area contributed by atoms with E-state index >= 15 is 0 Å². The molecule has 1 amide bonds. The molecular weight excluding hydrogens is 332 g/mol. The highest BCUT2D eigenvalue weighted by Gasteiger charge is 2.38. The Balaban J connectivity index is 1.39. The SMILES string of the molecule is COCCc1nnc2n1CCC1(CC2)CCN(C(=O)c2ccco2)CC1. The van der Waals surface area contributed by atoms with Gasteiger partial charge >= 0.3 is 0 Å². The third-order valence-electron chi connectivity index (χ3n) is 6.02. The Morgan fingerprint density at radius 1 is 1.23 bits per heavy atom. The summed E-state index contributed by atoms with van der Waals surface area (Å²) in [5, 5.41) is 8.75. The molecular formula is C19H26N4O3. The zero-order chi connectivity index (χ0) is 18.0. The summed E-state index contributed by atoms with van der Waals surface area (Å²) >= 11 is 0. The van der Waals surface area contributed by atoms with E-state index < -0.39 is 0 Å². The van der Waals surface area contributed by atoms with Crippen LogP contribution >= 0.6 is 0 Å². The molecule has 4 rings (SSSR count). The van der Waals surface area contributed by atoms with Crippen LogP contribution in [0.4, 0.5) is 0 Å². The van der Waals surface area contributed by atoms with E-state index in [1.165, 1.54) is 0 Å². The van der Waals surface area contributed by atoms with E-state index in [0.29, 0.717) is 17.8 Å². The molecule has 7 nitrogen and oxygen atoms in total. The van der Waals surface area contributed by atoms with Gasteiger partial charge < -0.3 is 18.6 Å². The first-order valence-corrected chi connectivity index (χ1v) is 9.43. The van der Waals surface area contributed by atoms with Crippen molar-refractivity contribution in [3.63, 3.8) is 0 Å². The first-order valence-electron chi connectivity index (χ1n) is 9.43. The molecule has 0 saturated carbocycles. The summed E-state index contributed by atoms with van der Waals surface area (Å²) in [7, 11) is 1.71. The monoisotopic (exact) mass is 358 g/mol. The number of aryl methyl sites for hydroxylation is 1. The molecule has 0 radical (unpaired) electrons. The van der Waals surface area contributed by atoms with Crippen molar-refractivity contribution in [2.45, 2.75) is 45.1 Å². The van der Waals surface area contributed by atoms with Crippen molar-refractivity contribution in [1.29, 1.82) is 0 Å². The molecule has 2 aliphatic rings. The van der Waals surface area contributed by atoms with E-state index in [1.807, 2.05) is 4.90 Å². The summed E-state index contributed by atoms with van der Waals surface area (Å²) in [6, 6.07) is 3.51. The Bertz CT molecular complexity index is 745. The maximum atomic E-state index is 12.5. The highest BCUT2D eigenvalue weighted by atomic mass is 16.5. The van der Waals surface area contributed by atoms with Gasteiger partial charge in [0.2, 0.25) is 0 Å². The molecule has 0 N–H and O–H groups in total. The average molecular weight is 358 g/mol. The Labute approximate surface area is 153 Å². The largest absolute Gasteiger partial charge is 0.459 e. The molecule has 2 aliphatic heterocycles. The van der Waals surface area contributed by atoms with E-state index in [2.05, 4.69) is 14.8 Å². The number of carbonyl (C=O) groups excluding carboxylic acids is 1. The molecule has 1 spiro atoms. The van der Waals surface area contributed by atoms with Gasteiger partial charge in [-0.15, -0.1) is 10.2 Å². The first kappa shape index (κ1) is 17.3. The zero-order valence-corrected chi connectivity index (χ0v) is 15.3. The minimum atomic E-state index is 0.0115. The molecule has 2 aromatic heterocycles. The van der Waals surface area contributed by atoms with Crippen LogP contribution in [0.2, 0.25) is 0 Å². The smallest absolute Gasteiger partial charge is 0.289 e. The quantitative estimate of drug-likeness (QED) is 0.839. The van der Waals surface area contributed by atoms with Crippen molar-refractivity contribution in [3.05, 3.63) is 35.8 Å². The topological polar surface area (TPSA) is 73.4 Å². The van der Waals surface area contributed by atoms with Gasteiger partial charge in [0.15, 0.2) is 5.76 Å². The number of amides is 1.